The third kappa shape index (κ3) is 7.65. The van der Waals surface area contributed by atoms with Crippen LogP contribution in [0.15, 0.2) is 83.8 Å². The zero-order valence-electron chi connectivity index (χ0n) is 19.0. The molecule has 3 aromatic rings. The van der Waals surface area contributed by atoms with Gasteiger partial charge in [0.15, 0.2) is 0 Å². The number of carbonyl (C=O) groups is 2. The minimum absolute atomic E-state index is 0.0394. The maximum absolute atomic E-state index is 13.4. The molecule has 4 nitrogen and oxygen atoms in total. The molecule has 2 amide bonds. The Morgan fingerprint density at radius 1 is 0.970 bits per heavy atom. The average Bonchev–Trinajstić information content (AvgIpc) is 2.82. The zero-order chi connectivity index (χ0) is 23.6. The van der Waals surface area contributed by atoms with Gasteiger partial charge in [-0.1, -0.05) is 71.8 Å². The molecule has 0 fully saturated rings. The van der Waals surface area contributed by atoms with Crippen molar-refractivity contribution in [2.75, 3.05) is 12.8 Å². The van der Waals surface area contributed by atoms with Crippen LogP contribution < -0.4 is 5.32 Å². The quantitative estimate of drug-likeness (QED) is 0.389. The first-order chi connectivity index (χ1) is 16.0. The molecular formula is C27H29ClN2O2S. The Balaban J connectivity index is 1.80. The van der Waals surface area contributed by atoms with E-state index in [0.717, 1.165) is 21.6 Å². The van der Waals surface area contributed by atoms with E-state index in [-0.39, 0.29) is 11.8 Å². The van der Waals surface area contributed by atoms with Gasteiger partial charge in [0, 0.05) is 42.1 Å². The summed E-state index contributed by atoms with van der Waals surface area (Å²) in [6, 6.07) is 24.9. The number of benzene rings is 3. The summed E-state index contributed by atoms with van der Waals surface area (Å²) < 4.78 is 0. The van der Waals surface area contributed by atoms with Gasteiger partial charge in [0.25, 0.3) is 0 Å². The second-order valence-electron chi connectivity index (χ2n) is 7.88. The van der Waals surface area contributed by atoms with Gasteiger partial charge in [0.2, 0.25) is 11.8 Å². The second kappa shape index (κ2) is 12.5. The van der Waals surface area contributed by atoms with Gasteiger partial charge in [-0.3, -0.25) is 9.59 Å². The molecular weight excluding hydrogens is 452 g/mol. The monoisotopic (exact) mass is 480 g/mol. The highest BCUT2D eigenvalue weighted by Crippen LogP contribution is 2.22. The van der Waals surface area contributed by atoms with Crippen molar-refractivity contribution in [1.82, 2.24) is 10.2 Å². The molecule has 0 spiro atoms. The predicted molar refractivity (Wildman–Crippen MR) is 137 cm³/mol. The molecule has 3 rings (SSSR count). The predicted octanol–water partition coefficient (Wildman–Crippen LogP) is 5.52. The molecule has 0 aliphatic heterocycles. The molecule has 6 heteroatoms. The van der Waals surface area contributed by atoms with Gasteiger partial charge in [0.05, 0.1) is 0 Å². The number of hydrogen-bond acceptors (Lipinski definition) is 3. The molecule has 0 aromatic heterocycles. The van der Waals surface area contributed by atoms with E-state index in [1.807, 2.05) is 79.7 Å². The van der Waals surface area contributed by atoms with Crippen molar-refractivity contribution >= 4 is 35.2 Å². The van der Waals surface area contributed by atoms with Crippen LogP contribution in [0.4, 0.5) is 0 Å². The van der Waals surface area contributed by atoms with Crippen molar-refractivity contribution in [2.45, 2.75) is 37.2 Å². The highest BCUT2D eigenvalue weighted by atomic mass is 35.5. The van der Waals surface area contributed by atoms with Crippen molar-refractivity contribution in [3.63, 3.8) is 0 Å². The summed E-state index contributed by atoms with van der Waals surface area (Å²) in [6.45, 7) is 2.41. The number of halogens is 1. The Kier molecular flexibility index (Phi) is 9.40. The van der Waals surface area contributed by atoms with Crippen LogP contribution in [-0.2, 0) is 22.6 Å². The largest absolute Gasteiger partial charge is 0.357 e. The number of thioether (sulfide) groups is 1. The van der Waals surface area contributed by atoms with Gasteiger partial charge in [-0.15, -0.1) is 11.8 Å². The van der Waals surface area contributed by atoms with E-state index in [1.54, 1.807) is 23.7 Å². The highest BCUT2D eigenvalue weighted by molar-refractivity contribution is 7.99. The third-order valence-corrected chi connectivity index (χ3v) is 6.62. The van der Waals surface area contributed by atoms with Gasteiger partial charge < -0.3 is 10.2 Å². The van der Waals surface area contributed by atoms with Crippen molar-refractivity contribution in [1.29, 1.82) is 0 Å². The lowest BCUT2D eigenvalue weighted by molar-refractivity contribution is -0.140. The second-order valence-corrected chi connectivity index (χ2v) is 9.49. The van der Waals surface area contributed by atoms with Gasteiger partial charge in [-0.25, -0.2) is 0 Å². The molecule has 0 radical (unpaired) electrons. The van der Waals surface area contributed by atoms with Gasteiger partial charge in [-0.2, -0.15) is 0 Å². The minimum Gasteiger partial charge on any atom is -0.357 e. The topological polar surface area (TPSA) is 49.4 Å². The number of nitrogens with one attached hydrogen (secondary N) is 1. The number of hydrogen-bond donors (Lipinski definition) is 1. The number of aryl methyl sites for hydroxylation is 1. The first kappa shape index (κ1) is 24.9. The van der Waals surface area contributed by atoms with E-state index in [1.165, 1.54) is 0 Å². The summed E-state index contributed by atoms with van der Waals surface area (Å²) in [5.41, 5.74) is 3.15. The van der Waals surface area contributed by atoms with Gasteiger partial charge >= 0.3 is 0 Å². The number of carbonyl (C=O) groups excluding carboxylic acids is 2. The Morgan fingerprint density at radius 2 is 1.67 bits per heavy atom. The van der Waals surface area contributed by atoms with E-state index in [0.29, 0.717) is 30.2 Å². The normalized spacial score (nSPS) is 11.6. The average molecular weight is 481 g/mol. The van der Waals surface area contributed by atoms with E-state index < -0.39 is 6.04 Å². The molecule has 0 bridgehead atoms. The lowest BCUT2D eigenvalue weighted by Crippen LogP contribution is -2.49. The van der Waals surface area contributed by atoms with Crippen molar-refractivity contribution in [3.8, 4) is 0 Å². The maximum atomic E-state index is 13.4. The van der Waals surface area contributed by atoms with Crippen LogP contribution in [0, 0.1) is 6.92 Å². The van der Waals surface area contributed by atoms with Crippen LogP contribution in [0.3, 0.4) is 0 Å². The smallest absolute Gasteiger partial charge is 0.242 e. The molecule has 0 heterocycles. The molecule has 0 saturated carbocycles. The van der Waals surface area contributed by atoms with Gasteiger partial charge in [0.1, 0.15) is 6.04 Å². The van der Waals surface area contributed by atoms with Crippen LogP contribution in [-0.4, -0.2) is 35.6 Å². The Labute approximate surface area is 205 Å². The number of nitrogens with zero attached hydrogens (tertiary/aromatic N) is 1. The summed E-state index contributed by atoms with van der Waals surface area (Å²) in [7, 11) is 1.62. The molecule has 0 unspecified atom stereocenters. The van der Waals surface area contributed by atoms with E-state index >= 15 is 0 Å². The van der Waals surface area contributed by atoms with E-state index in [4.69, 9.17) is 11.6 Å². The maximum Gasteiger partial charge on any atom is 0.242 e. The molecule has 0 aliphatic carbocycles. The SMILES string of the molecule is CNC(=O)[C@H](Cc1ccccc1)N(Cc1cccc(C)c1)C(=O)CCSc1ccc(Cl)cc1. The number of amides is 2. The summed E-state index contributed by atoms with van der Waals surface area (Å²) in [5.74, 6) is 0.420. The van der Waals surface area contributed by atoms with Crippen LogP contribution in [0.1, 0.15) is 23.1 Å². The van der Waals surface area contributed by atoms with Crippen LogP contribution in [0.5, 0.6) is 0 Å². The molecule has 1 atom stereocenters. The summed E-state index contributed by atoms with van der Waals surface area (Å²) in [4.78, 5) is 29.1. The van der Waals surface area contributed by atoms with Crippen molar-refractivity contribution in [2.24, 2.45) is 0 Å². The number of likely N-dealkylation sites (N-methyl/N-ethyl adjacent to an activating group) is 1. The third-order valence-electron chi connectivity index (χ3n) is 5.35. The standard InChI is InChI=1S/C27H29ClN2O2S/c1-20-7-6-10-22(17-20)19-30(25(27(32)29-2)18-21-8-4-3-5-9-21)26(31)15-16-33-24-13-11-23(28)12-14-24/h3-14,17,25H,15-16,18-19H2,1-2H3,(H,29,32)/t25-/m0/s1. The van der Waals surface area contributed by atoms with Crippen LogP contribution in [0.2, 0.25) is 5.02 Å². The highest BCUT2D eigenvalue weighted by Gasteiger charge is 2.29. The van der Waals surface area contributed by atoms with Crippen molar-refractivity contribution in [3.05, 3.63) is 101 Å². The van der Waals surface area contributed by atoms with Gasteiger partial charge in [-0.05, 0) is 42.3 Å². The first-order valence-electron chi connectivity index (χ1n) is 10.9. The summed E-state index contributed by atoms with van der Waals surface area (Å²) >= 11 is 7.57. The Hall–Kier alpha value is -2.76. The zero-order valence-corrected chi connectivity index (χ0v) is 20.5. The Bertz CT molecular complexity index is 1060. The van der Waals surface area contributed by atoms with E-state index in [9.17, 15) is 9.59 Å². The van der Waals surface area contributed by atoms with Crippen LogP contribution in [0.25, 0.3) is 0 Å². The van der Waals surface area contributed by atoms with E-state index in [2.05, 4.69) is 11.4 Å². The fraction of sp³-hybridized carbons (Fsp3) is 0.259. The number of rotatable bonds is 10. The lowest BCUT2D eigenvalue weighted by Gasteiger charge is -2.31. The molecule has 3 aromatic carbocycles. The first-order valence-corrected chi connectivity index (χ1v) is 12.3. The fourth-order valence-corrected chi connectivity index (χ4v) is 4.63. The lowest BCUT2D eigenvalue weighted by atomic mass is 10.0. The molecule has 0 saturated heterocycles. The summed E-state index contributed by atoms with van der Waals surface area (Å²) in [5, 5.41) is 3.44. The molecule has 1 N–H and O–H groups in total. The van der Waals surface area contributed by atoms with Crippen LogP contribution >= 0.6 is 23.4 Å². The molecule has 33 heavy (non-hydrogen) atoms. The fourth-order valence-electron chi connectivity index (χ4n) is 3.66. The summed E-state index contributed by atoms with van der Waals surface area (Å²) in [6.07, 6.45) is 0.795. The minimum atomic E-state index is -0.592. The molecule has 0 aliphatic rings. The van der Waals surface area contributed by atoms with Crippen molar-refractivity contribution < 1.29 is 9.59 Å². The Morgan fingerprint density at radius 3 is 2.33 bits per heavy atom. The molecule has 172 valence electrons.